The molecule has 2 atom stereocenters. The maximum absolute atomic E-state index is 5.32. The van der Waals surface area contributed by atoms with Crippen molar-refractivity contribution < 1.29 is 4.74 Å². The van der Waals surface area contributed by atoms with Gasteiger partial charge in [-0.1, -0.05) is 19.9 Å². The summed E-state index contributed by atoms with van der Waals surface area (Å²) < 4.78 is 5.32. The minimum absolute atomic E-state index is 0.584. The summed E-state index contributed by atoms with van der Waals surface area (Å²) in [5.41, 5.74) is 2.96. The van der Waals surface area contributed by atoms with Crippen LogP contribution in [0, 0.1) is 0 Å². The van der Waals surface area contributed by atoms with Crippen LogP contribution in [-0.2, 0) is 6.42 Å². The molecule has 2 unspecified atom stereocenters. The fraction of sp³-hybridized carbons (Fsp3) is 0.600. The minimum atomic E-state index is 0.584. The third-order valence-electron chi connectivity index (χ3n) is 3.83. The molecule has 0 spiro atoms. The van der Waals surface area contributed by atoms with Crippen LogP contribution in [0.5, 0.6) is 5.75 Å². The lowest BCUT2D eigenvalue weighted by Crippen LogP contribution is -2.37. The molecule has 0 bridgehead atoms. The van der Waals surface area contributed by atoms with Gasteiger partial charge in [-0.25, -0.2) is 0 Å². The molecule has 17 heavy (non-hydrogen) atoms. The Bertz CT molecular complexity index is 375. The fourth-order valence-corrected chi connectivity index (χ4v) is 2.74. The number of hydrogen-bond acceptors (Lipinski definition) is 2. The van der Waals surface area contributed by atoms with Crippen molar-refractivity contribution >= 4 is 0 Å². The lowest BCUT2D eigenvalue weighted by atomic mass is 9.80. The van der Waals surface area contributed by atoms with E-state index in [1.807, 2.05) is 0 Å². The highest BCUT2D eigenvalue weighted by Gasteiger charge is 2.25. The zero-order valence-electron chi connectivity index (χ0n) is 11.1. The predicted molar refractivity (Wildman–Crippen MR) is 71.8 cm³/mol. The van der Waals surface area contributed by atoms with Crippen molar-refractivity contribution in [1.29, 1.82) is 0 Å². The van der Waals surface area contributed by atoms with Crippen LogP contribution in [0.1, 0.15) is 43.7 Å². The highest BCUT2D eigenvalue weighted by molar-refractivity contribution is 5.40. The van der Waals surface area contributed by atoms with E-state index in [-0.39, 0.29) is 0 Å². The maximum Gasteiger partial charge on any atom is 0.119 e. The summed E-state index contributed by atoms with van der Waals surface area (Å²) in [6.45, 7) is 5.66. The molecule has 0 aliphatic heterocycles. The van der Waals surface area contributed by atoms with E-state index in [9.17, 15) is 0 Å². The van der Waals surface area contributed by atoms with Gasteiger partial charge in [-0.15, -0.1) is 0 Å². The van der Waals surface area contributed by atoms with E-state index in [1.165, 1.54) is 30.4 Å². The second kappa shape index (κ2) is 5.54. The van der Waals surface area contributed by atoms with Crippen molar-refractivity contribution in [1.82, 2.24) is 5.32 Å². The molecule has 2 heteroatoms. The number of ether oxygens (including phenoxy) is 1. The molecule has 2 nitrogen and oxygen atoms in total. The summed E-state index contributed by atoms with van der Waals surface area (Å²) in [7, 11) is 1.74. The number of benzene rings is 1. The quantitative estimate of drug-likeness (QED) is 0.862. The molecule has 0 heterocycles. The molecule has 1 aliphatic carbocycles. The first-order chi connectivity index (χ1) is 8.26. The van der Waals surface area contributed by atoms with Crippen molar-refractivity contribution in [3.8, 4) is 5.75 Å². The smallest absolute Gasteiger partial charge is 0.119 e. The molecule has 94 valence electrons. The Morgan fingerprint density at radius 2 is 2.24 bits per heavy atom. The largest absolute Gasteiger partial charge is 0.497 e. The normalized spacial score (nSPS) is 23.2. The third kappa shape index (κ3) is 2.63. The molecule has 0 amide bonds. The van der Waals surface area contributed by atoms with Crippen molar-refractivity contribution in [2.75, 3.05) is 13.7 Å². The maximum atomic E-state index is 5.32. The van der Waals surface area contributed by atoms with Gasteiger partial charge >= 0.3 is 0 Å². The first-order valence-electron chi connectivity index (χ1n) is 6.66. The molecule has 0 radical (unpaired) electrons. The lowest BCUT2D eigenvalue weighted by Gasteiger charge is -2.32. The Balaban J connectivity index is 2.18. The van der Waals surface area contributed by atoms with Crippen LogP contribution in [0.3, 0.4) is 0 Å². The highest BCUT2D eigenvalue weighted by Crippen LogP contribution is 2.33. The van der Waals surface area contributed by atoms with Gasteiger partial charge < -0.3 is 10.1 Å². The number of rotatable bonds is 4. The van der Waals surface area contributed by atoms with Gasteiger partial charge in [0.2, 0.25) is 0 Å². The standard InChI is InChI=1S/C15H23NO/c1-4-9-16-15-8-6-12-5-7-13(17-3)10-14(12)11(15)2/h5,7,10-11,15-16H,4,6,8-9H2,1-3H3. The summed E-state index contributed by atoms with van der Waals surface area (Å²) in [5, 5.41) is 3.66. The van der Waals surface area contributed by atoms with Crippen LogP contribution < -0.4 is 10.1 Å². The number of fused-ring (bicyclic) bond motifs is 1. The Hall–Kier alpha value is -1.02. The molecule has 1 N–H and O–H groups in total. The van der Waals surface area contributed by atoms with Crippen LogP contribution in [0.4, 0.5) is 0 Å². The Morgan fingerprint density at radius 1 is 1.41 bits per heavy atom. The summed E-state index contributed by atoms with van der Waals surface area (Å²) in [6.07, 6.45) is 3.64. The number of aryl methyl sites for hydroxylation is 1. The van der Waals surface area contributed by atoms with E-state index in [0.717, 1.165) is 12.3 Å². The van der Waals surface area contributed by atoms with Crippen molar-refractivity contribution in [3.63, 3.8) is 0 Å². The highest BCUT2D eigenvalue weighted by atomic mass is 16.5. The monoisotopic (exact) mass is 233 g/mol. The fourth-order valence-electron chi connectivity index (χ4n) is 2.74. The second-order valence-corrected chi connectivity index (χ2v) is 4.95. The van der Waals surface area contributed by atoms with E-state index < -0.39 is 0 Å². The summed E-state index contributed by atoms with van der Waals surface area (Å²) in [5.74, 6) is 1.56. The van der Waals surface area contributed by atoms with Crippen LogP contribution in [0.25, 0.3) is 0 Å². The number of methoxy groups -OCH3 is 1. The molecule has 0 fully saturated rings. The summed E-state index contributed by atoms with van der Waals surface area (Å²) >= 11 is 0. The molecule has 1 aromatic rings. The molecule has 1 aliphatic rings. The van der Waals surface area contributed by atoms with Gasteiger partial charge in [-0.3, -0.25) is 0 Å². The molecular weight excluding hydrogens is 210 g/mol. The number of hydrogen-bond donors (Lipinski definition) is 1. The molecular formula is C15H23NO. The summed E-state index contributed by atoms with van der Waals surface area (Å²) in [4.78, 5) is 0. The first-order valence-corrected chi connectivity index (χ1v) is 6.66. The van der Waals surface area contributed by atoms with Crippen molar-refractivity contribution in [3.05, 3.63) is 29.3 Å². The zero-order valence-corrected chi connectivity index (χ0v) is 11.1. The van der Waals surface area contributed by atoms with Gasteiger partial charge in [-0.05, 0) is 55.0 Å². The summed E-state index contributed by atoms with van der Waals surface area (Å²) in [6, 6.07) is 7.13. The van der Waals surface area contributed by atoms with E-state index in [0.29, 0.717) is 12.0 Å². The zero-order chi connectivity index (χ0) is 12.3. The minimum Gasteiger partial charge on any atom is -0.497 e. The second-order valence-electron chi connectivity index (χ2n) is 4.95. The third-order valence-corrected chi connectivity index (χ3v) is 3.83. The van der Waals surface area contributed by atoms with E-state index >= 15 is 0 Å². The molecule has 0 aromatic heterocycles. The van der Waals surface area contributed by atoms with Gasteiger partial charge in [0.15, 0.2) is 0 Å². The SMILES string of the molecule is CCCNC1CCc2ccc(OC)cc2C1C. The van der Waals surface area contributed by atoms with E-state index in [2.05, 4.69) is 37.4 Å². The van der Waals surface area contributed by atoms with Crippen LogP contribution in [-0.4, -0.2) is 19.7 Å². The molecule has 1 aromatic carbocycles. The predicted octanol–water partition coefficient (Wildman–Crippen LogP) is 3.11. The molecule has 0 saturated heterocycles. The Morgan fingerprint density at radius 3 is 2.94 bits per heavy atom. The van der Waals surface area contributed by atoms with Crippen LogP contribution in [0.15, 0.2) is 18.2 Å². The van der Waals surface area contributed by atoms with Crippen LogP contribution >= 0.6 is 0 Å². The van der Waals surface area contributed by atoms with Crippen LogP contribution in [0.2, 0.25) is 0 Å². The molecule has 0 saturated carbocycles. The van der Waals surface area contributed by atoms with Crippen molar-refractivity contribution in [2.45, 2.75) is 45.1 Å². The van der Waals surface area contributed by atoms with Gasteiger partial charge in [0, 0.05) is 6.04 Å². The van der Waals surface area contributed by atoms with Crippen molar-refractivity contribution in [2.24, 2.45) is 0 Å². The van der Waals surface area contributed by atoms with Gasteiger partial charge in [-0.2, -0.15) is 0 Å². The van der Waals surface area contributed by atoms with E-state index in [1.54, 1.807) is 7.11 Å². The van der Waals surface area contributed by atoms with Gasteiger partial charge in [0.05, 0.1) is 7.11 Å². The first kappa shape index (κ1) is 12.4. The average molecular weight is 233 g/mol. The van der Waals surface area contributed by atoms with Gasteiger partial charge in [0.1, 0.15) is 5.75 Å². The Labute approximate surface area is 104 Å². The lowest BCUT2D eigenvalue weighted by molar-refractivity contribution is 0.394. The number of nitrogens with one attached hydrogen (secondary N) is 1. The molecule has 2 rings (SSSR count). The van der Waals surface area contributed by atoms with Gasteiger partial charge in [0.25, 0.3) is 0 Å². The topological polar surface area (TPSA) is 21.3 Å². The van der Waals surface area contributed by atoms with E-state index in [4.69, 9.17) is 4.74 Å². The Kier molecular flexibility index (Phi) is 4.06. The average Bonchev–Trinajstić information content (AvgIpc) is 2.38.